The summed E-state index contributed by atoms with van der Waals surface area (Å²) in [6.45, 7) is 0. The highest BCUT2D eigenvalue weighted by Crippen LogP contribution is 2.34. The van der Waals surface area contributed by atoms with Gasteiger partial charge in [-0.05, 0) is 39.5 Å². The van der Waals surface area contributed by atoms with E-state index in [4.69, 9.17) is 4.74 Å². The number of halogens is 1. The molecule has 1 nitrogen and oxygen atoms in total. The van der Waals surface area contributed by atoms with Crippen LogP contribution in [0.4, 0.5) is 0 Å². The zero-order valence-electron chi connectivity index (χ0n) is 8.77. The van der Waals surface area contributed by atoms with Crippen molar-refractivity contribution in [3.63, 3.8) is 0 Å². The van der Waals surface area contributed by atoms with Crippen LogP contribution in [0.15, 0.2) is 45.1 Å². The normalized spacial score (nSPS) is 10.4. The highest BCUT2D eigenvalue weighted by atomic mass is 79.9. The van der Waals surface area contributed by atoms with Crippen molar-refractivity contribution in [2.75, 3.05) is 7.11 Å². The van der Waals surface area contributed by atoms with E-state index in [1.54, 1.807) is 30.2 Å². The molecule has 0 aliphatic carbocycles. The lowest BCUT2D eigenvalue weighted by molar-refractivity contribution is 0.405. The molecular weight excluding hydrogens is 304 g/mol. The summed E-state index contributed by atoms with van der Waals surface area (Å²) in [5, 5.41) is 2.10. The molecule has 0 amide bonds. The summed E-state index contributed by atoms with van der Waals surface area (Å²) in [6.07, 6.45) is 0. The first-order valence-corrected chi connectivity index (χ1v) is 7.45. The van der Waals surface area contributed by atoms with Crippen LogP contribution in [0.25, 0.3) is 0 Å². The van der Waals surface area contributed by atoms with Crippen molar-refractivity contribution >= 4 is 39.0 Å². The van der Waals surface area contributed by atoms with Gasteiger partial charge in [0.25, 0.3) is 0 Å². The second-order valence-electron chi connectivity index (χ2n) is 3.13. The molecule has 0 atom stereocenters. The Balaban J connectivity index is 2.07. The maximum Gasteiger partial charge on any atom is 0.132 e. The number of thiophene rings is 1. The average molecular weight is 315 g/mol. The van der Waals surface area contributed by atoms with Crippen molar-refractivity contribution in [1.29, 1.82) is 0 Å². The number of ether oxygens (including phenoxy) is 1. The molecule has 0 aliphatic heterocycles. The van der Waals surface area contributed by atoms with Crippen LogP contribution in [0.1, 0.15) is 4.88 Å². The van der Waals surface area contributed by atoms with Gasteiger partial charge in [0.05, 0.1) is 7.11 Å². The topological polar surface area (TPSA) is 9.23 Å². The molecule has 0 N–H and O–H groups in total. The van der Waals surface area contributed by atoms with Gasteiger partial charge in [-0.15, -0.1) is 23.1 Å². The standard InChI is InChI=1S/C12H11BrOS2/c1-14-10-4-2-3-5-11(10)16-8-12-9(13)6-7-15-12/h2-7H,8H2,1H3. The highest BCUT2D eigenvalue weighted by molar-refractivity contribution is 9.10. The SMILES string of the molecule is COc1ccccc1SCc1sccc1Br. The summed E-state index contributed by atoms with van der Waals surface area (Å²) < 4.78 is 6.51. The Kier molecular flexibility index (Phi) is 4.32. The van der Waals surface area contributed by atoms with E-state index in [1.807, 2.05) is 18.2 Å². The fourth-order valence-corrected chi connectivity index (χ4v) is 4.13. The molecule has 0 spiro atoms. The predicted molar refractivity (Wildman–Crippen MR) is 74.6 cm³/mol. The Morgan fingerprint density at radius 1 is 1.31 bits per heavy atom. The Bertz CT molecular complexity index is 468. The van der Waals surface area contributed by atoms with Gasteiger partial charge in [0.1, 0.15) is 5.75 Å². The van der Waals surface area contributed by atoms with E-state index in [1.165, 1.54) is 14.2 Å². The quantitative estimate of drug-likeness (QED) is 0.749. The first-order chi connectivity index (χ1) is 7.81. The van der Waals surface area contributed by atoms with Crippen LogP contribution in [0.3, 0.4) is 0 Å². The Labute approximate surface area is 112 Å². The number of benzene rings is 1. The molecule has 1 aromatic carbocycles. The van der Waals surface area contributed by atoms with Crippen molar-refractivity contribution in [2.45, 2.75) is 10.6 Å². The largest absolute Gasteiger partial charge is 0.496 e. The zero-order chi connectivity index (χ0) is 11.4. The highest BCUT2D eigenvalue weighted by Gasteiger charge is 2.05. The molecule has 2 rings (SSSR count). The number of methoxy groups -OCH3 is 1. The molecule has 1 heterocycles. The first-order valence-electron chi connectivity index (χ1n) is 4.79. The number of hydrogen-bond acceptors (Lipinski definition) is 3. The molecule has 84 valence electrons. The molecule has 16 heavy (non-hydrogen) atoms. The van der Waals surface area contributed by atoms with Crippen molar-refractivity contribution in [1.82, 2.24) is 0 Å². The summed E-state index contributed by atoms with van der Waals surface area (Å²) in [6, 6.07) is 10.2. The summed E-state index contributed by atoms with van der Waals surface area (Å²) in [7, 11) is 1.71. The third kappa shape index (κ3) is 2.81. The fourth-order valence-electron chi connectivity index (χ4n) is 1.31. The van der Waals surface area contributed by atoms with Crippen molar-refractivity contribution in [2.24, 2.45) is 0 Å². The van der Waals surface area contributed by atoms with Gasteiger partial charge in [-0.2, -0.15) is 0 Å². The molecule has 2 aromatic rings. The van der Waals surface area contributed by atoms with Crippen LogP contribution in [-0.2, 0) is 5.75 Å². The molecule has 0 saturated carbocycles. The summed E-state index contributed by atoms with van der Waals surface area (Å²) in [4.78, 5) is 2.54. The third-order valence-corrected chi connectivity index (χ3v) is 5.31. The van der Waals surface area contributed by atoms with E-state index in [2.05, 4.69) is 33.4 Å². The molecule has 1 aromatic heterocycles. The molecule has 4 heteroatoms. The van der Waals surface area contributed by atoms with Gasteiger partial charge in [-0.3, -0.25) is 0 Å². The van der Waals surface area contributed by atoms with Crippen molar-refractivity contribution < 1.29 is 4.74 Å². The van der Waals surface area contributed by atoms with Gasteiger partial charge < -0.3 is 4.74 Å². The van der Waals surface area contributed by atoms with Crippen LogP contribution in [0.2, 0.25) is 0 Å². The molecule has 0 unspecified atom stereocenters. The summed E-state index contributed by atoms with van der Waals surface area (Å²) in [5.41, 5.74) is 0. The van der Waals surface area contributed by atoms with Crippen LogP contribution in [0.5, 0.6) is 5.75 Å². The number of hydrogen-bond donors (Lipinski definition) is 0. The second-order valence-corrected chi connectivity index (χ2v) is 6.00. The minimum absolute atomic E-state index is 0.945. The van der Waals surface area contributed by atoms with Crippen LogP contribution in [0, 0.1) is 0 Å². The summed E-state index contributed by atoms with van der Waals surface area (Å²) >= 11 is 7.11. The van der Waals surface area contributed by atoms with E-state index in [9.17, 15) is 0 Å². The predicted octanol–water partition coefficient (Wildman–Crippen LogP) is 4.81. The van der Waals surface area contributed by atoms with E-state index in [0.717, 1.165) is 11.5 Å². The molecule has 0 saturated heterocycles. The smallest absolute Gasteiger partial charge is 0.132 e. The average Bonchev–Trinajstić information content (AvgIpc) is 2.72. The number of para-hydroxylation sites is 1. The lowest BCUT2D eigenvalue weighted by Gasteiger charge is -2.06. The van der Waals surface area contributed by atoms with E-state index >= 15 is 0 Å². The van der Waals surface area contributed by atoms with Crippen molar-refractivity contribution in [3.8, 4) is 5.75 Å². The van der Waals surface area contributed by atoms with Gasteiger partial charge in [-0.1, -0.05) is 12.1 Å². The minimum Gasteiger partial charge on any atom is -0.496 e. The number of thioether (sulfide) groups is 1. The van der Waals surface area contributed by atoms with Gasteiger partial charge in [-0.25, -0.2) is 0 Å². The Morgan fingerprint density at radius 3 is 2.81 bits per heavy atom. The summed E-state index contributed by atoms with van der Waals surface area (Å²) in [5.74, 6) is 1.92. The molecule has 0 bridgehead atoms. The van der Waals surface area contributed by atoms with E-state index in [0.29, 0.717) is 0 Å². The third-order valence-electron chi connectivity index (χ3n) is 2.12. The first kappa shape index (κ1) is 12.0. The lowest BCUT2D eigenvalue weighted by atomic mass is 10.3. The van der Waals surface area contributed by atoms with E-state index < -0.39 is 0 Å². The van der Waals surface area contributed by atoms with Gasteiger partial charge >= 0.3 is 0 Å². The second kappa shape index (κ2) is 5.75. The monoisotopic (exact) mass is 314 g/mol. The molecule has 0 radical (unpaired) electrons. The maximum atomic E-state index is 5.32. The maximum absolute atomic E-state index is 5.32. The zero-order valence-corrected chi connectivity index (χ0v) is 12.0. The molecule has 0 fully saturated rings. The van der Waals surface area contributed by atoms with Crippen LogP contribution < -0.4 is 4.74 Å². The van der Waals surface area contributed by atoms with Crippen LogP contribution >= 0.6 is 39.0 Å². The van der Waals surface area contributed by atoms with E-state index in [-0.39, 0.29) is 0 Å². The number of rotatable bonds is 4. The molecular formula is C12H11BrOS2. The van der Waals surface area contributed by atoms with Gasteiger partial charge in [0.2, 0.25) is 0 Å². The van der Waals surface area contributed by atoms with Gasteiger partial charge in [0.15, 0.2) is 0 Å². The fraction of sp³-hybridized carbons (Fsp3) is 0.167. The minimum atomic E-state index is 0.945. The molecule has 0 aliphatic rings. The van der Waals surface area contributed by atoms with Gasteiger partial charge in [0, 0.05) is 20.0 Å². The lowest BCUT2D eigenvalue weighted by Crippen LogP contribution is -1.85. The Hall–Kier alpha value is -0.450. The Morgan fingerprint density at radius 2 is 2.12 bits per heavy atom. The van der Waals surface area contributed by atoms with Crippen molar-refractivity contribution in [3.05, 3.63) is 45.1 Å². The van der Waals surface area contributed by atoms with Crippen LogP contribution in [-0.4, -0.2) is 7.11 Å².